The molecule has 0 aliphatic heterocycles. The third-order valence-corrected chi connectivity index (χ3v) is 6.00. The van der Waals surface area contributed by atoms with E-state index in [2.05, 4.69) is 15.4 Å². The lowest BCUT2D eigenvalue weighted by Gasteiger charge is -2.15. The van der Waals surface area contributed by atoms with Gasteiger partial charge in [0.15, 0.2) is 0 Å². The lowest BCUT2D eigenvalue weighted by molar-refractivity contribution is -0.114. The molecule has 2 amide bonds. The molecule has 0 saturated carbocycles. The minimum Gasteiger partial charge on any atom is -0.326 e. The predicted molar refractivity (Wildman–Crippen MR) is 122 cm³/mol. The van der Waals surface area contributed by atoms with E-state index in [1.165, 1.54) is 19.1 Å². The van der Waals surface area contributed by atoms with Crippen molar-refractivity contribution in [2.45, 2.75) is 25.7 Å². The fourth-order valence-electron chi connectivity index (χ4n) is 3.06. The maximum atomic E-state index is 13.1. The van der Waals surface area contributed by atoms with Crippen LogP contribution in [0.15, 0.2) is 71.6 Å². The fourth-order valence-corrected chi connectivity index (χ4v) is 4.41. The van der Waals surface area contributed by atoms with E-state index < -0.39 is 15.9 Å². The van der Waals surface area contributed by atoms with Crippen molar-refractivity contribution in [3.8, 4) is 0 Å². The zero-order valence-corrected chi connectivity index (χ0v) is 18.2. The van der Waals surface area contributed by atoms with Crippen LogP contribution in [0.2, 0.25) is 0 Å². The molecule has 3 N–H and O–H groups in total. The average molecular weight is 438 g/mol. The second-order valence-electron chi connectivity index (χ2n) is 7.14. The minimum atomic E-state index is -4.02. The van der Waals surface area contributed by atoms with Crippen LogP contribution >= 0.6 is 0 Å². The largest absolute Gasteiger partial charge is 0.326 e. The predicted octanol–water partition coefficient (Wildman–Crippen LogP) is 4.31. The molecule has 0 saturated heterocycles. The third-order valence-electron chi connectivity index (χ3n) is 4.49. The number of benzene rings is 3. The molecular formula is C23H23N3O4S. The Bertz CT molecular complexity index is 1250. The number of hydrogen-bond acceptors (Lipinski definition) is 4. The highest BCUT2D eigenvalue weighted by Crippen LogP contribution is 2.25. The number of anilines is 3. The highest BCUT2D eigenvalue weighted by atomic mass is 32.2. The Balaban J connectivity index is 1.91. The van der Waals surface area contributed by atoms with Gasteiger partial charge in [-0.3, -0.25) is 14.3 Å². The third kappa shape index (κ3) is 5.49. The molecular weight excluding hydrogens is 414 g/mol. The molecule has 0 fully saturated rings. The van der Waals surface area contributed by atoms with Gasteiger partial charge < -0.3 is 10.6 Å². The molecule has 0 spiro atoms. The number of carbonyl (C=O) groups excluding carboxylic acids is 2. The van der Waals surface area contributed by atoms with Crippen LogP contribution in [0.3, 0.4) is 0 Å². The number of nitrogens with one attached hydrogen (secondary N) is 3. The number of amides is 2. The highest BCUT2D eigenvalue weighted by molar-refractivity contribution is 7.92. The van der Waals surface area contributed by atoms with Gasteiger partial charge in [-0.25, -0.2) is 8.42 Å². The topological polar surface area (TPSA) is 104 Å². The van der Waals surface area contributed by atoms with Crippen LogP contribution in [0.1, 0.15) is 28.4 Å². The molecule has 31 heavy (non-hydrogen) atoms. The van der Waals surface area contributed by atoms with Gasteiger partial charge in [0.05, 0.1) is 16.1 Å². The maximum absolute atomic E-state index is 13.1. The van der Waals surface area contributed by atoms with Crippen LogP contribution in [0, 0.1) is 13.8 Å². The van der Waals surface area contributed by atoms with E-state index in [0.717, 1.165) is 5.56 Å². The fraction of sp³-hybridized carbons (Fsp3) is 0.130. The van der Waals surface area contributed by atoms with Gasteiger partial charge in [-0.2, -0.15) is 0 Å². The van der Waals surface area contributed by atoms with Gasteiger partial charge >= 0.3 is 0 Å². The van der Waals surface area contributed by atoms with E-state index in [-0.39, 0.29) is 22.1 Å². The zero-order chi connectivity index (χ0) is 22.6. The molecule has 8 heteroatoms. The van der Waals surface area contributed by atoms with Gasteiger partial charge in [-0.15, -0.1) is 0 Å². The Morgan fingerprint density at radius 1 is 0.806 bits per heavy atom. The molecule has 3 aromatic rings. The molecule has 0 heterocycles. The van der Waals surface area contributed by atoms with Crippen LogP contribution in [-0.4, -0.2) is 20.2 Å². The van der Waals surface area contributed by atoms with E-state index >= 15 is 0 Å². The monoisotopic (exact) mass is 437 g/mol. The van der Waals surface area contributed by atoms with Crippen LogP contribution < -0.4 is 15.4 Å². The summed E-state index contributed by atoms with van der Waals surface area (Å²) in [5, 5.41) is 5.36. The van der Waals surface area contributed by atoms with E-state index in [4.69, 9.17) is 0 Å². The zero-order valence-electron chi connectivity index (χ0n) is 17.4. The molecule has 160 valence electrons. The van der Waals surface area contributed by atoms with E-state index in [9.17, 15) is 18.0 Å². The van der Waals surface area contributed by atoms with Crippen molar-refractivity contribution in [2.24, 2.45) is 0 Å². The van der Waals surface area contributed by atoms with Crippen molar-refractivity contribution < 1.29 is 18.0 Å². The summed E-state index contributed by atoms with van der Waals surface area (Å²) in [6.07, 6.45) is 0. The van der Waals surface area contributed by atoms with Crippen LogP contribution in [0.5, 0.6) is 0 Å². The van der Waals surface area contributed by atoms with Gasteiger partial charge in [0.1, 0.15) is 0 Å². The summed E-state index contributed by atoms with van der Waals surface area (Å²) in [5.74, 6) is -0.744. The number of sulfonamides is 1. The van der Waals surface area contributed by atoms with Crippen molar-refractivity contribution in [1.82, 2.24) is 0 Å². The maximum Gasteiger partial charge on any atom is 0.262 e. The first-order valence-corrected chi connectivity index (χ1v) is 11.0. The second kappa shape index (κ2) is 9.01. The van der Waals surface area contributed by atoms with Crippen LogP contribution in [-0.2, 0) is 14.8 Å². The summed E-state index contributed by atoms with van der Waals surface area (Å²) in [5.41, 5.74) is 2.80. The number of hydrogen-bond donors (Lipinski definition) is 3. The van der Waals surface area contributed by atoms with Crippen molar-refractivity contribution in [3.63, 3.8) is 0 Å². The second-order valence-corrected chi connectivity index (χ2v) is 8.79. The van der Waals surface area contributed by atoms with E-state index in [0.29, 0.717) is 16.9 Å². The van der Waals surface area contributed by atoms with Crippen molar-refractivity contribution in [3.05, 3.63) is 83.4 Å². The molecule has 3 rings (SSSR count). The smallest absolute Gasteiger partial charge is 0.262 e. The Morgan fingerprint density at radius 2 is 1.52 bits per heavy atom. The molecule has 7 nitrogen and oxygen atoms in total. The number of para-hydroxylation sites is 1. The molecule has 0 bridgehead atoms. The summed E-state index contributed by atoms with van der Waals surface area (Å²) in [7, 11) is -4.02. The number of rotatable bonds is 6. The molecule has 0 aromatic heterocycles. The summed E-state index contributed by atoms with van der Waals surface area (Å²) in [4.78, 5) is 24.1. The summed E-state index contributed by atoms with van der Waals surface area (Å²) in [6, 6.07) is 18.3. The summed E-state index contributed by atoms with van der Waals surface area (Å²) < 4.78 is 28.7. The first-order chi connectivity index (χ1) is 14.7. The normalized spacial score (nSPS) is 10.9. The summed E-state index contributed by atoms with van der Waals surface area (Å²) in [6.45, 7) is 4.91. The van der Waals surface area contributed by atoms with Gasteiger partial charge in [0.2, 0.25) is 5.91 Å². The first-order valence-electron chi connectivity index (χ1n) is 9.54. The summed E-state index contributed by atoms with van der Waals surface area (Å²) >= 11 is 0. The molecule has 0 radical (unpaired) electrons. The Morgan fingerprint density at radius 3 is 2.23 bits per heavy atom. The standard InChI is InChI=1S/C23H23N3O4S/c1-15-7-6-8-18(13-15)25-23(28)20-9-4-5-10-21(20)26-31(29,30)22-14-19(24-17(3)27)12-11-16(22)2/h4-14,26H,1-3H3,(H,24,27)(H,25,28). The SMILES string of the molecule is CC(=O)Nc1ccc(C)c(S(=O)(=O)Nc2ccccc2C(=O)Nc2cccc(C)c2)c1. The number of carbonyl (C=O) groups is 2. The quantitative estimate of drug-likeness (QED) is 0.534. The van der Waals surface area contributed by atoms with Gasteiger partial charge in [0, 0.05) is 18.3 Å². The van der Waals surface area contributed by atoms with E-state index in [1.807, 2.05) is 25.1 Å². The highest BCUT2D eigenvalue weighted by Gasteiger charge is 2.21. The molecule has 0 aliphatic rings. The average Bonchev–Trinajstić information content (AvgIpc) is 2.69. The van der Waals surface area contributed by atoms with Gasteiger partial charge in [-0.05, 0) is 61.4 Å². The van der Waals surface area contributed by atoms with Crippen LogP contribution in [0.25, 0.3) is 0 Å². The lowest BCUT2D eigenvalue weighted by Crippen LogP contribution is -2.19. The molecule has 3 aromatic carbocycles. The number of aryl methyl sites for hydroxylation is 2. The van der Waals surface area contributed by atoms with Gasteiger partial charge in [0.25, 0.3) is 15.9 Å². The van der Waals surface area contributed by atoms with Crippen molar-refractivity contribution in [2.75, 3.05) is 15.4 Å². The van der Waals surface area contributed by atoms with Crippen molar-refractivity contribution >= 4 is 38.9 Å². The van der Waals surface area contributed by atoms with E-state index in [1.54, 1.807) is 43.3 Å². The minimum absolute atomic E-state index is 0.00708. The Hall–Kier alpha value is -3.65. The van der Waals surface area contributed by atoms with Gasteiger partial charge in [-0.1, -0.05) is 30.3 Å². The Kier molecular flexibility index (Phi) is 6.41. The van der Waals surface area contributed by atoms with Crippen molar-refractivity contribution in [1.29, 1.82) is 0 Å². The first kappa shape index (κ1) is 22.0. The molecule has 0 atom stereocenters. The molecule has 0 unspecified atom stereocenters. The van der Waals surface area contributed by atoms with Crippen LogP contribution in [0.4, 0.5) is 17.1 Å². The Labute approximate surface area is 181 Å². The lowest BCUT2D eigenvalue weighted by atomic mass is 10.1. The molecule has 0 aliphatic carbocycles.